The lowest BCUT2D eigenvalue weighted by atomic mass is 9.91. The Morgan fingerprint density at radius 2 is 2.36 bits per heavy atom. The molecule has 0 aliphatic carbocycles. The van der Waals surface area contributed by atoms with Crippen molar-refractivity contribution >= 4 is 5.91 Å². The molecule has 3 heteroatoms. The van der Waals surface area contributed by atoms with E-state index in [0.717, 1.165) is 19.4 Å². The maximum Gasteiger partial charge on any atom is 0.224 e. The van der Waals surface area contributed by atoms with Crippen LogP contribution in [0.4, 0.5) is 0 Å². The molecule has 1 saturated heterocycles. The number of hydrogen-bond donors (Lipinski definition) is 2. The number of carbonyl (C=O) groups excluding carboxylic acids is 1. The summed E-state index contributed by atoms with van der Waals surface area (Å²) in [6.45, 7) is 3.12. The lowest BCUT2D eigenvalue weighted by Gasteiger charge is -2.28. The van der Waals surface area contributed by atoms with Gasteiger partial charge in [-0.25, -0.2) is 0 Å². The highest BCUT2D eigenvalue weighted by molar-refractivity contribution is 5.79. The third-order valence-corrected chi connectivity index (χ3v) is 2.34. The molecule has 1 fully saturated rings. The van der Waals surface area contributed by atoms with Gasteiger partial charge in [-0.3, -0.25) is 4.79 Å². The van der Waals surface area contributed by atoms with E-state index >= 15 is 0 Å². The van der Waals surface area contributed by atoms with Crippen LogP contribution in [0.2, 0.25) is 0 Å². The molecule has 1 amide bonds. The number of piperidine rings is 1. The van der Waals surface area contributed by atoms with E-state index in [9.17, 15) is 4.79 Å². The van der Waals surface area contributed by atoms with Crippen LogP contribution in [0.15, 0.2) is 0 Å². The van der Waals surface area contributed by atoms with Crippen molar-refractivity contribution in [3.8, 4) is 0 Å². The van der Waals surface area contributed by atoms with E-state index in [1.807, 2.05) is 0 Å². The Hall–Kier alpha value is -0.570. The summed E-state index contributed by atoms with van der Waals surface area (Å²) in [5.74, 6) is 0.346. The Balaban J connectivity index is 2.47. The van der Waals surface area contributed by atoms with Crippen molar-refractivity contribution in [2.24, 2.45) is 5.92 Å². The van der Waals surface area contributed by atoms with E-state index in [0.29, 0.717) is 6.04 Å². The van der Waals surface area contributed by atoms with Gasteiger partial charge >= 0.3 is 0 Å². The minimum Gasteiger partial charge on any atom is -0.359 e. The van der Waals surface area contributed by atoms with E-state index in [-0.39, 0.29) is 11.8 Å². The number of hydrogen-bond acceptors (Lipinski definition) is 2. The van der Waals surface area contributed by atoms with Gasteiger partial charge in [-0.2, -0.15) is 0 Å². The maximum atomic E-state index is 11.2. The first-order valence-corrected chi connectivity index (χ1v) is 4.20. The lowest BCUT2D eigenvalue weighted by molar-refractivity contribution is -0.126. The van der Waals surface area contributed by atoms with Crippen LogP contribution in [0.3, 0.4) is 0 Å². The summed E-state index contributed by atoms with van der Waals surface area (Å²) >= 11 is 0. The molecular weight excluding hydrogens is 140 g/mol. The van der Waals surface area contributed by atoms with E-state index in [4.69, 9.17) is 0 Å². The number of carbonyl (C=O) groups is 1. The molecule has 0 unspecified atom stereocenters. The monoisotopic (exact) mass is 156 g/mol. The first-order valence-electron chi connectivity index (χ1n) is 4.20. The van der Waals surface area contributed by atoms with Crippen molar-refractivity contribution in [2.75, 3.05) is 13.6 Å². The smallest absolute Gasteiger partial charge is 0.224 e. The zero-order chi connectivity index (χ0) is 8.27. The average molecular weight is 156 g/mol. The zero-order valence-corrected chi connectivity index (χ0v) is 7.18. The van der Waals surface area contributed by atoms with Crippen molar-refractivity contribution in [2.45, 2.75) is 25.8 Å². The minimum atomic E-state index is 0.171. The van der Waals surface area contributed by atoms with Gasteiger partial charge in [-0.1, -0.05) is 0 Å². The number of nitrogens with one attached hydrogen (secondary N) is 2. The summed E-state index contributed by atoms with van der Waals surface area (Å²) in [6.07, 6.45) is 2.14. The van der Waals surface area contributed by atoms with Gasteiger partial charge in [-0.05, 0) is 26.3 Å². The van der Waals surface area contributed by atoms with E-state index < -0.39 is 0 Å². The summed E-state index contributed by atoms with van der Waals surface area (Å²) in [4.78, 5) is 11.2. The first-order chi connectivity index (χ1) is 5.25. The highest BCUT2D eigenvalue weighted by atomic mass is 16.1. The molecule has 0 bridgehead atoms. The van der Waals surface area contributed by atoms with Gasteiger partial charge in [0.1, 0.15) is 0 Å². The van der Waals surface area contributed by atoms with Crippen molar-refractivity contribution < 1.29 is 4.79 Å². The van der Waals surface area contributed by atoms with Crippen LogP contribution in [0.1, 0.15) is 19.8 Å². The minimum absolute atomic E-state index is 0.171. The molecule has 3 nitrogen and oxygen atoms in total. The fourth-order valence-corrected chi connectivity index (χ4v) is 1.59. The third-order valence-electron chi connectivity index (χ3n) is 2.34. The van der Waals surface area contributed by atoms with Crippen molar-refractivity contribution in [1.29, 1.82) is 0 Å². The molecule has 2 N–H and O–H groups in total. The largest absolute Gasteiger partial charge is 0.359 e. The van der Waals surface area contributed by atoms with Crippen molar-refractivity contribution in [3.63, 3.8) is 0 Å². The summed E-state index contributed by atoms with van der Waals surface area (Å²) < 4.78 is 0. The molecule has 0 aromatic carbocycles. The fraction of sp³-hybridized carbons (Fsp3) is 0.875. The lowest BCUT2D eigenvalue weighted by Crippen LogP contribution is -2.45. The topological polar surface area (TPSA) is 41.1 Å². The van der Waals surface area contributed by atoms with Gasteiger partial charge in [0.25, 0.3) is 0 Å². The molecule has 0 saturated carbocycles. The van der Waals surface area contributed by atoms with Crippen LogP contribution >= 0.6 is 0 Å². The van der Waals surface area contributed by atoms with E-state index in [1.54, 1.807) is 7.05 Å². The Bertz CT molecular complexity index is 147. The number of amides is 1. The molecule has 0 radical (unpaired) electrons. The molecular formula is C8H16N2O. The molecule has 2 atom stereocenters. The molecule has 64 valence electrons. The van der Waals surface area contributed by atoms with Gasteiger partial charge in [0, 0.05) is 13.1 Å². The number of rotatable bonds is 1. The average Bonchev–Trinajstić information content (AvgIpc) is 2.04. The SMILES string of the molecule is CNC(=O)[C@H]1CCCN[C@@H]1C. The molecule has 1 heterocycles. The van der Waals surface area contributed by atoms with Crippen LogP contribution in [0.25, 0.3) is 0 Å². The predicted octanol–water partition coefficient (Wildman–Crippen LogP) is 0.120. The summed E-state index contributed by atoms with van der Waals surface area (Å²) in [7, 11) is 1.70. The molecule has 11 heavy (non-hydrogen) atoms. The highest BCUT2D eigenvalue weighted by Crippen LogP contribution is 2.15. The van der Waals surface area contributed by atoms with E-state index in [1.165, 1.54) is 0 Å². The van der Waals surface area contributed by atoms with Gasteiger partial charge in [0.15, 0.2) is 0 Å². The Morgan fingerprint density at radius 3 is 2.91 bits per heavy atom. The Kier molecular flexibility index (Phi) is 2.88. The van der Waals surface area contributed by atoms with Crippen molar-refractivity contribution in [3.05, 3.63) is 0 Å². The maximum absolute atomic E-state index is 11.2. The van der Waals surface area contributed by atoms with Crippen molar-refractivity contribution in [1.82, 2.24) is 10.6 Å². The van der Waals surface area contributed by atoms with Crippen LogP contribution in [0, 0.1) is 5.92 Å². The molecule has 1 aliphatic rings. The second-order valence-electron chi connectivity index (χ2n) is 3.11. The molecule has 0 aromatic rings. The van der Waals surface area contributed by atoms with Gasteiger partial charge < -0.3 is 10.6 Å². The normalized spacial score (nSPS) is 31.5. The molecule has 1 rings (SSSR count). The van der Waals surface area contributed by atoms with Crippen LogP contribution in [-0.2, 0) is 4.79 Å². The van der Waals surface area contributed by atoms with Crippen LogP contribution in [-0.4, -0.2) is 25.5 Å². The molecule has 0 spiro atoms. The fourth-order valence-electron chi connectivity index (χ4n) is 1.59. The van der Waals surface area contributed by atoms with Gasteiger partial charge in [0.2, 0.25) is 5.91 Å². The van der Waals surface area contributed by atoms with Crippen LogP contribution in [0.5, 0.6) is 0 Å². The predicted molar refractivity (Wildman–Crippen MR) is 44.3 cm³/mol. The Labute approximate surface area is 67.5 Å². The standard InChI is InChI=1S/C8H16N2O/c1-6-7(8(11)9-2)4-3-5-10-6/h6-7,10H,3-5H2,1-2H3,(H,9,11)/t6-,7+/m1/s1. The third kappa shape index (κ3) is 1.93. The van der Waals surface area contributed by atoms with E-state index in [2.05, 4.69) is 17.6 Å². The highest BCUT2D eigenvalue weighted by Gasteiger charge is 2.26. The van der Waals surface area contributed by atoms with Crippen LogP contribution < -0.4 is 10.6 Å². The molecule has 0 aromatic heterocycles. The quantitative estimate of drug-likeness (QED) is 0.566. The summed E-state index contributed by atoms with van der Waals surface area (Å²) in [6, 6.07) is 0.337. The molecule has 1 aliphatic heterocycles. The zero-order valence-electron chi connectivity index (χ0n) is 7.18. The second kappa shape index (κ2) is 3.72. The summed E-state index contributed by atoms with van der Waals surface area (Å²) in [5.41, 5.74) is 0. The van der Waals surface area contributed by atoms with Gasteiger partial charge in [0.05, 0.1) is 5.92 Å². The Morgan fingerprint density at radius 1 is 1.64 bits per heavy atom. The second-order valence-corrected chi connectivity index (χ2v) is 3.11. The summed E-state index contributed by atoms with van der Waals surface area (Å²) in [5, 5.41) is 5.97. The van der Waals surface area contributed by atoms with Gasteiger partial charge in [-0.15, -0.1) is 0 Å². The first kappa shape index (κ1) is 8.53.